The first-order chi connectivity index (χ1) is 8.27. The third kappa shape index (κ3) is 3.58. The largest absolute Gasteiger partial charge is 0.479 e. The molecule has 0 bridgehead atoms. The van der Waals surface area contributed by atoms with Crippen molar-refractivity contribution >= 4 is 23.6 Å². The zero-order valence-electron chi connectivity index (χ0n) is 9.83. The Morgan fingerprint density at radius 2 is 1.50 bits per heavy atom. The van der Waals surface area contributed by atoms with E-state index in [0.717, 1.165) is 0 Å². The molecule has 0 spiro atoms. The second kappa shape index (κ2) is 6.79. The lowest BCUT2D eigenvalue weighted by Crippen LogP contribution is -2.58. The van der Waals surface area contributed by atoms with Crippen molar-refractivity contribution in [2.75, 3.05) is 13.1 Å². The molecule has 18 heavy (non-hydrogen) atoms. The van der Waals surface area contributed by atoms with Gasteiger partial charge < -0.3 is 22.3 Å². The molecule has 0 aliphatic rings. The topological polar surface area (TPSA) is 170 Å². The number of hydrogen-bond acceptors (Lipinski definition) is 7. The van der Waals surface area contributed by atoms with E-state index in [1.165, 1.54) is 6.92 Å². The number of aliphatic carboxylic acids is 1. The Hall–Kier alpha value is -1.84. The molecule has 0 aliphatic carbocycles. The van der Waals surface area contributed by atoms with Gasteiger partial charge in [0.25, 0.3) is 0 Å². The van der Waals surface area contributed by atoms with Gasteiger partial charge in [0.2, 0.25) is 11.8 Å². The van der Waals surface area contributed by atoms with Gasteiger partial charge in [0, 0.05) is 0 Å². The molecule has 2 atom stereocenters. The Kier molecular flexibility index (Phi) is 6.09. The van der Waals surface area contributed by atoms with Gasteiger partial charge >= 0.3 is 5.97 Å². The Morgan fingerprint density at radius 3 is 1.72 bits per heavy atom. The number of carbonyl (C=O) groups excluding carboxylic acids is 3. The maximum absolute atomic E-state index is 11.6. The first-order valence-corrected chi connectivity index (χ1v) is 5.05. The van der Waals surface area contributed by atoms with E-state index in [-0.39, 0.29) is 4.90 Å². The molecule has 0 fully saturated rings. The lowest BCUT2D eigenvalue weighted by molar-refractivity contribution is -0.160. The van der Waals surface area contributed by atoms with Crippen LogP contribution in [0.2, 0.25) is 0 Å². The van der Waals surface area contributed by atoms with Crippen LogP contribution < -0.4 is 17.2 Å². The zero-order chi connectivity index (χ0) is 14.5. The standard InChI is InChI=1S/C9H16N4O5/c1-4(12)8(16)7(9(17)18)13(5(14)2-10)6(15)3-11/h4,7H,2-3,10-12H2,1H3,(H,17,18). The number of hydrogen-bond donors (Lipinski definition) is 4. The molecular weight excluding hydrogens is 244 g/mol. The third-order valence-corrected chi connectivity index (χ3v) is 2.10. The van der Waals surface area contributed by atoms with Crippen molar-refractivity contribution in [1.82, 2.24) is 4.90 Å². The third-order valence-electron chi connectivity index (χ3n) is 2.10. The first kappa shape index (κ1) is 16.2. The summed E-state index contributed by atoms with van der Waals surface area (Å²) >= 11 is 0. The molecule has 9 nitrogen and oxygen atoms in total. The van der Waals surface area contributed by atoms with Crippen LogP contribution in [-0.2, 0) is 19.2 Å². The summed E-state index contributed by atoms with van der Waals surface area (Å²) in [4.78, 5) is 45.8. The molecule has 0 aliphatic heterocycles. The highest BCUT2D eigenvalue weighted by Crippen LogP contribution is 2.05. The number of imide groups is 1. The van der Waals surface area contributed by atoms with Crippen LogP contribution in [-0.4, -0.2) is 58.7 Å². The summed E-state index contributed by atoms with van der Waals surface area (Å²) in [6, 6.07) is -3.15. The van der Waals surface area contributed by atoms with Crippen LogP contribution in [0, 0.1) is 0 Å². The van der Waals surface area contributed by atoms with E-state index < -0.39 is 48.7 Å². The fourth-order valence-electron chi connectivity index (χ4n) is 1.23. The highest BCUT2D eigenvalue weighted by Gasteiger charge is 2.39. The molecule has 2 unspecified atom stereocenters. The second-order valence-corrected chi connectivity index (χ2v) is 3.50. The molecule has 0 heterocycles. The van der Waals surface area contributed by atoms with E-state index in [1.54, 1.807) is 0 Å². The monoisotopic (exact) mass is 260 g/mol. The van der Waals surface area contributed by atoms with E-state index >= 15 is 0 Å². The van der Waals surface area contributed by atoms with E-state index in [0.29, 0.717) is 0 Å². The molecule has 0 saturated heterocycles. The minimum Gasteiger partial charge on any atom is -0.479 e. The van der Waals surface area contributed by atoms with E-state index in [9.17, 15) is 19.2 Å². The van der Waals surface area contributed by atoms with Gasteiger partial charge in [-0.25, -0.2) is 4.79 Å². The Labute approximate surface area is 103 Å². The molecule has 7 N–H and O–H groups in total. The van der Waals surface area contributed by atoms with E-state index in [2.05, 4.69) is 0 Å². The van der Waals surface area contributed by atoms with Crippen molar-refractivity contribution < 1.29 is 24.3 Å². The average molecular weight is 260 g/mol. The van der Waals surface area contributed by atoms with Crippen molar-refractivity contribution in [2.45, 2.75) is 19.0 Å². The molecular formula is C9H16N4O5. The highest BCUT2D eigenvalue weighted by atomic mass is 16.4. The smallest absolute Gasteiger partial charge is 0.334 e. The number of amides is 2. The fraction of sp³-hybridized carbons (Fsp3) is 0.556. The minimum absolute atomic E-state index is 0.244. The van der Waals surface area contributed by atoms with Crippen LogP contribution >= 0.6 is 0 Å². The summed E-state index contributed by atoms with van der Waals surface area (Å²) in [7, 11) is 0. The number of nitrogens with zero attached hydrogens (tertiary/aromatic N) is 1. The number of carboxylic acids is 1. The number of nitrogens with two attached hydrogens (primary N) is 3. The Morgan fingerprint density at radius 1 is 1.11 bits per heavy atom. The molecule has 9 heteroatoms. The van der Waals surface area contributed by atoms with Crippen molar-refractivity contribution in [3.8, 4) is 0 Å². The number of Topliss-reactive ketones (excluding diaryl/α,β-unsaturated/α-hetero) is 1. The second-order valence-electron chi connectivity index (χ2n) is 3.50. The number of ketones is 1. The number of rotatable bonds is 6. The maximum Gasteiger partial charge on any atom is 0.334 e. The van der Waals surface area contributed by atoms with Gasteiger partial charge in [0.1, 0.15) is 0 Å². The van der Waals surface area contributed by atoms with Gasteiger partial charge in [-0.15, -0.1) is 0 Å². The molecule has 102 valence electrons. The normalized spacial score (nSPS) is 13.6. The predicted octanol–water partition coefficient (Wildman–Crippen LogP) is -3.37. The molecule has 0 radical (unpaired) electrons. The maximum atomic E-state index is 11.6. The van der Waals surface area contributed by atoms with Crippen molar-refractivity contribution in [3.05, 3.63) is 0 Å². The van der Waals surface area contributed by atoms with Crippen LogP contribution in [0.15, 0.2) is 0 Å². The summed E-state index contributed by atoms with van der Waals surface area (Å²) in [6.07, 6.45) is 0. The van der Waals surface area contributed by atoms with Crippen molar-refractivity contribution in [1.29, 1.82) is 0 Å². The van der Waals surface area contributed by atoms with Crippen LogP contribution in [0.1, 0.15) is 6.92 Å². The highest BCUT2D eigenvalue weighted by molar-refractivity contribution is 6.12. The quantitative estimate of drug-likeness (QED) is 0.358. The van der Waals surface area contributed by atoms with Crippen LogP contribution in [0.4, 0.5) is 0 Å². The van der Waals surface area contributed by atoms with E-state index in [4.69, 9.17) is 22.3 Å². The van der Waals surface area contributed by atoms with Gasteiger partial charge in [0.05, 0.1) is 19.1 Å². The van der Waals surface area contributed by atoms with Crippen LogP contribution in [0.3, 0.4) is 0 Å². The van der Waals surface area contributed by atoms with Crippen molar-refractivity contribution in [2.24, 2.45) is 17.2 Å². The van der Waals surface area contributed by atoms with Crippen LogP contribution in [0.5, 0.6) is 0 Å². The summed E-state index contributed by atoms with van der Waals surface area (Å²) in [5.74, 6) is -4.66. The van der Waals surface area contributed by atoms with E-state index in [1.807, 2.05) is 0 Å². The number of carbonyl (C=O) groups is 4. The minimum atomic E-state index is -2.00. The Bertz CT molecular complexity index is 352. The number of carboxylic acid groups (broad SMARTS) is 1. The fourth-order valence-corrected chi connectivity index (χ4v) is 1.23. The summed E-state index contributed by atoms with van der Waals surface area (Å²) in [6.45, 7) is -0.000197. The lowest BCUT2D eigenvalue weighted by Gasteiger charge is -2.26. The molecule has 0 saturated carbocycles. The van der Waals surface area contributed by atoms with Gasteiger partial charge in [0.15, 0.2) is 11.8 Å². The van der Waals surface area contributed by atoms with Crippen LogP contribution in [0.25, 0.3) is 0 Å². The molecule has 0 rings (SSSR count). The van der Waals surface area contributed by atoms with Gasteiger partial charge in [-0.05, 0) is 6.92 Å². The molecule has 0 aromatic heterocycles. The molecule has 0 aromatic rings. The zero-order valence-corrected chi connectivity index (χ0v) is 9.83. The Balaban J connectivity index is 5.50. The molecule has 0 aromatic carbocycles. The summed E-state index contributed by atoms with van der Waals surface area (Å²) in [5.41, 5.74) is 15.4. The van der Waals surface area contributed by atoms with Gasteiger partial charge in [-0.2, -0.15) is 0 Å². The SMILES string of the molecule is CC(N)C(=O)C(C(=O)O)N(C(=O)CN)C(=O)CN. The summed E-state index contributed by atoms with van der Waals surface area (Å²) < 4.78 is 0. The van der Waals surface area contributed by atoms with Gasteiger partial charge in [-0.3, -0.25) is 19.3 Å². The van der Waals surface area contributed by atoms with Crippen molar-refractivity contribution in [3.63, 3.8) is 0 Å². The average Bonchev–Trinajstić information content (AvgIpc) is 2.32. The summed E-state index contributed by atoms with van der Waals surface area (Å²) in [5, 5.41) is 8.95. The predicted molar refractivity (Wildman–Crippen MR) is 60.0 cm³/mol. The molecule has 2 amide bonds. The lowest BCUT2D eigenvalue weighted by atomic mass is 10.1. The van der Waals surface area contributed by atoms with Gasteiger partial charge in [-0.1, -0.05) is 0 Å². The first-order valence-electron chi connectivity index (χ1n) is 5.05.